The third-order valence-electron chi connectivity index (χ3n) is 4.57. The van der Waals surface area contributed by atoms with Gasteiger partial charge in [0.15, 0.2) is 0 Å². The SMILES string of the molecule is CC[C@H](C(=O)Nc1ccc(OC(C)C)cc1)N(c1ccc(C)c(C)c1)S(C)(=O)=O. The highest BCUT2D eigenvalue weighted by atomic mass is 32.2. The molecular formula is C22H30N2O4S. The fraction of sp³-hybridized carbons (Fsp3) is 0.409. The molecule has 0 unspecified atom stereocenters. The number of sulfonamides is 1. The number of nitrogens with one attached hydrogen (secondary N) is 1. The van der Waals surface area contributed by atoms with Gasteiger partial charge in [0.05, 0.1) is 18.0 Å². The average Bonchev–Trinajstić information content (AvgIpc) is 2.62. The van der Waals surface area contributed by atoms with Gasteiger partial charge in [-0.15, -0.1) is 0 Å². The Balaban J connectivity index is 2.29. The fourth-order valence-corrected chi connectivity index (χ4v) is 4.24. The number of aryl methyl sites for hydroxylation is 2. The number of carbonyl (C=O) groups is 1. The third-order valence-corrected chi connectivity index (χ3v) is 5.75. The van der Waals surface area contributed by atoms with E-state index in [-0.39, 0.29) is 12.0 Å². The molecule has 0 fully saturated rings. The van der Waals surface area contributed by atoms with Gasteiger partial charge in [-0.25, -0.2) is 8.42 Å². The van der Waals surface area contributed by atoms with Crippen molar-refractivity contribution in [3.63, 3.8) is 0 Å². The van der Waals surface area contributed by atoms with Gasteiger partial charge in [-0.1, -0.05) is 13.0 Å². The molecule has 0 aliphatic carbocycles. The van der Waals surface area contributed by atoms with Crippen molar-refractivity contribution in [1.29, 1.82) is 0 Å². The maximum Gasteiger partial charge on any atom is 0.248 e. The van der Waals surface area contributed by atoms with E-state index in [1.165, 1.54) is 4.31 Å². The molecule has 0 aliphatic heterocycles. The van der Waals surface area contributed by atoms with Crippen LogP contribution in [0.25, 0.3) is 0 Å². The minimum atomic E-state index is -3.66. The lowest BCUT2D eigenvalue weighted by molar-refractivity contribution is -0.117. The topological polar surface area (TPSA) is 75.7 Å². The zero-order valence-corrected chi connectivity index (χ0v) is 18.7. The summed E-state index contributed by atoms with van der Waals surface area (Å²) < 4.78 is 31.9. The molecule has 0 aliphatic rings. The lowest BCUT2D eigenvalue weighted by Gasteiger charge is -2.30. The van der Waals surface area contributed by atoms with Gasteiger partial charge in [-0.3, -0.25) is 9.10 Å². The average molecular weight is 419 g/mol. The summed E-state index contributed by atoms with van der Waals surface area (Å²) in [6.07, 6.45) is 1.51. The summed E-state index contributed by atoms with van der Waals surface area (Å²) in [5, 5.41) is 2.82. The Morgan fingerprint density at radius 3 is 2.17 bits per heavy atom. The van der Waals surface area contributed by atoms with Crippen molar-refractivity contribution in [3.05, 3.63) is 53.6 Å². The van der Waals surface area contributed by atoms with E-state index in [0.29, 0.717) is 23.5 Å². The van der Waals surface area contributed by atoms with E-state index in [1.54, 1.807) is 43.3 Å². The summed E-state index contributed by atoms with van der Waals surface area (Å²) in [6.45, 7) is 9.55. The molecule has 1 atom stereocenters. The van der Waals surface area contributed by atoms with Crippen LogP contribution in [-0.2, 0) is 14.8 Å². The third kappa shape index (κ3) is 5.97. The summed E-state index contributed by atoms with van der Waals surface area (Å²) in [4.78, 5) is 13.0. The van der Waals surface area contributed by atoms with E-state index in [4.69, 9.17) is 4.74 Å². The van der Waals surface area contributed by atoms with E-state index in [1.807, 2.05) is 33.8 Å². The Morgan fingerprint density at radius 1 is 1.07 bits per heavy atom. The number of carbonyl (C=O) groups excluding carboxylic acids is 1. The minimum Gasteiger partial charge on any atom is -0.491 e. The van der Waals surface area contributed by atoms with E-state index < -0.39 is 16.1 Å². The van der Waals surface area contributed by atoms with Crippen LogP contribution in [-0.4, -0.2) is 32.7 Å². The van der Waals surface area contributed by atoms with Crippen LogP contribution in [0.2, 0.25) is 0 Å². The Kier molecular flexibility index (Phi) is 7.30. The van der Waals surface area contributed by atoms with Gasteiger partial charge in [-0.05, 0) is 81.6 Å². The molecule has 2 aromatic rings. The van der Waals surface area contributed by atoms with Gasteiger partial charge < -0.3 is 10.1 Å². The second-order valence-electron chi connectivity index (χ2n) is 7.43. The maximum atomic E-state index is 13.0. The zero-order chi connectivity index (χ0) is 21.8. The molecule has 0 saturated carbocycles. The predicted molar refractivity (Wildman–Crippen MR) is 118 cm³/mol. The molecule has 29 heavy (non-hydrogen) atoms. The highest BCUT2D eigenvalue weighted by Crippen LogP contribution is 2.26. The van der Waals surface area contributed by atoms with Gasteiger partial charge in [0.1, 0.15) is 11.8 Å². The summed E-state index contributed by atoms with van der Waals surface area (Å²) in [5.41, 5.74) is 3.09. The van der Waals surface area contributed by atoms with Crippen LogP contribution < -0.4 is 14.4 Å². The molecule has 0 heterocycles. The molecule has 0 saturated heterocycles. The van der Waals surface area contributed by atoms with Crippen molar-refractivity contribution in [2.45, 2.75) is 53.2 Å². The molecule has 0 spiro atoms. The number of amides is 1. The van der Waals surface area contributed by atoms with Crippen LogP contribution in [0.4, 0.5) is 11.4 Å². The van der Waals surface area contributed by atoms with Crippen LogP contribution >= 0.6 is 0 Å². The number of benzene rings is 2. The molecule has 1 N–H and O–H groups in total. The largest absolute Gasteiger partial charge is 0.491 e. The van der Waals surface area contributed by atoms with Gasteiger partial charge in [0.2, 0.25) is 15.9 Å². The summed E-state index contributed by atoms with van der Waals surface area (Å²) in [5.74, 6) is 0.326. The number of anilines is 2. The monoisotopic (exact) mass is 418 g/mol. The highest BCUT2D eigenvalue weighted by Gasteiger charge is 2.31. The zero-order valence-electron chi connectivity index (χ0n) is 17.9. The first-order chi connectivity index (χ1) is 13.5. The molecule has 158 valence electrons. The van der Waals surface area contributed by atoms with E-state index in [2.05, 4.69) is 5.32 Å². The number of nitrogens with zero attached hydrogens (tertiary/aromatic N) is 1. The first-order valence-electron chi connectivity index (χ1n) is 9.67. The van der Waals surface area contributed by atoms with Crippen molar-refractivity contribution >= 4 is 27.3 Å². The number of rotatable bonds is 8. The second-order valence-corrected chi connectivity index (χ2v) is 9.29. The molecular weight excluding hydrogens is 388 g/mol. The Morgan fingerprint density at radius 2 is 1.69 bits per heavy atom. The van der Waals surface area contributed by atoms with Gasteiger partial charge in [0, 0.05) is 5.69 Å². The van der Waals surface area contributed by atoms with Gasteiger partial charge in [0.25, 0.3) is 0 Å². The molecule has 7 heteroatoms. The van der Waals surface area contributed by atoms with Crippen LogP contribution in [0, 0.1) is 13.8 Å². The first kappa shape index (κ1) is 22.7. The van der Waals surface area contributed by atoms with Crippen molar-refractivity contribution in [2.75, 3.05) is 15.9 Å². The number of hydrogen-bond acceptors (Lipinski definition) is 4. The van der Waals surface area contributed by atoms with E-state index >= 15 is 0 Å². The Bertz CT molecular complexity index is 953. The maximum absolute atomic E-state index is 13.0. The Labute approximate surface area is 173 Å². The molecule has 1 amide bonds. The van der Waals surface area contributed by atoms with Crippen LogP contribution in [0.15, 0.2) is 42.5 Å². The molecule has 6 nitrogen and oxygen atoms in total. The molecule has 2 rings (SSSR count). The van der Waals surface area contributed by atoms with Gasteiger partial charge in [-0.2, -0.15) is 0 Å². The summed E-state index contributed by atoms with van der Waals surface area (Å²) >= 11 is 0. The van der Waals surface area contributed by atoms with Crippen molar-refractivity contribution in [1.82, 2.24) is 0 Å². The second kappa shape index (κ2) is 9.31. The smallest absolute Gasteiger partial charge is 0.248 e. The van der Waals surface area contributed by atoms with Crippen molar-refractivity contribution in [2.24, 2.45) is 0 Å². The van der Waals surface area contributed by atoms with Crippen LogP contribution in [0.5, 0.6) is 5.75 Å². The molecule has 0 radical (unpaired) electrons. The summed E-state index contributed by atoms with van der Waals surface area (Å²) in [7, 11) is -3.66. The quantitative estimate of drug-likeness (QED) is 0.694. The lowest BCUT2D eigenvalue weighted by Crippen LogP contribution is -2.47. The first-order valence-corrected chi connectivity index (χ1v) is 11.5. The number of ether oxygens (including phenoxy) is 1. The van der Waals surface area contributed by atoms with E-state index in [0.717, 1.165) is 17.4 Å². The van der Waals surface area contributed by atoms with Crippen molar-refractivity contribution in [3.8, 4) is 5.75 Å². The van der Waals surface area contributed by atoms with Crippen LogP contribution in [0.1, 0.15) is 38.3 Å². The van der Waals surface area contributed by atoms with Gasteiger partial charge >= 0.3 is 0 Å². The minimum absolute atomic E-state index is 0.0567. The normalized spacial score (nSPS) is 12.5. The molecule has 0 aromatic heterocycles. The summed E-state index contributed by atoms with van der Waals surface area (Å²) in [6, 6.07) is 11.6. The number of hydrogen-bond donors (Lipinski definition) is 1. The van der Waals surface area contributed by atoms with E-state index in [9.17, 15) is 13.2 Å². The molecule has 0 bridgehead atoms. The standard InChI is InChI=1S/C22H30N2O4S/c1-7-21(22(25)23-18-9-12-20(13-10-18)28-15(2)3)24(29(6,26)27)19-11-8-16(4)17(5)14-19/h8-15,21H,7H2,1-6H3,(H,23,25)/t21-/m1/s1. The molecule has 2 aromatic carbocycles. The lowest BCUT2D eigenvalue weighted by atomic mass is 10.1. The fourth-order valence-electron chi connectivity index (χ4n) is 3.04. The highest BCUT2D eigenvalue weighted by molar-refractivity contribution is 7.92. The van der Waals surface area contributed by atoms with Crippen LogP contribution in [0.3, 0.4) is 0 Å². The van der Waals surface area contributed by atoms with Crippen molar-refractivity contribution < 1.29 is 17.9 Å². The predicted octanol–water partition coefficient (Wildman–Crippen LogP) is 4.27. The Hall–Kier alpha value is -2.54.